The van der Waals surface area contributed by atoms with Gasteiger partial charge in [0.2, 0.25) is 0 Å². The van der Waals surface area contributed by atoms with Gasteiger partial charge in [0, 0.05) is 6.08 Å². The van der Waals surface area contributed by atoms with E-state index in [9.17, 15) is 14.9 Å². The van der Waals surface area contributed by atoms with E-state index in [0.717, 1.165) is 11.4 Å². The largest absolute Gasteiger partial charge is 0.514 e. The highest BCUT2D eigenvalue weighted by molar-refractivity contribution is 6.42. The number of ether oxygens (including phenoxy) is 2. The van der Waals surface area contributed by atoms with Gasteiger partial charge in [0.25, 0.3) is 5.70 Å². The van der Waals surface area contributed by atoms with Crippen LogP contribution in [-0.2, 0) is 16.0 Å². The number of carbonyl (C=O) groups excluding carboxylic acids is 1. The smallest absolute Gasteiger partial charge is 0.429 e. The zero-order valence-electron chi connectivity index (χ0n) is 20.7. The third kappa shape index (κ3) is 11.3. The number of halogens is 2. The fraction of sp³-hybridized carbons (Fsp3) is 0.417. The van der Waals surface area contributed by atoms with Crippen LogP contribution >= 0.6 is 23.2 Å². The fourth-order valence-electron chi connectivity index (χ4n) is 2.28. The molecule has 34 heavy (non-hydrogen) atoms. The molecule has 0 radical (unpaired) electrons. The molecule has 8 nitrogen and oxygen atoms in total. The molecule has 0 bridgehead atoms. The minimum Gasteiger partial charge on any atom is -0.429 e. The predicted molar refractivity (Wildman–Crippen MR) is 138 cm³/mol. The Morgan fingerprint density at radius 1 is 1.21 bits per heavy atom. The molecular weight excluding hydrogens is 481 g/mol. The van der Waals surface area contributed by atoms with E-state index in [2.05, 4.69) is 32.3 Å². The van der Waals surface area contributed by atoms with E-state index in [4.69, 9.17) is 32.7 Å². The molecule has 0 spiro atoms. The van der Waals surface area contributed by atoms with Crippen LogP contribution in [0.4, 0.5) is 4.79 Å². The van der Waals surface area contributed by atoms with Crippen molar-refractivity contribution in [2.24, 2.45) is 5.92 Å². The van der Waals surface area contributed by atoms with E-state index in [-0.39, 0.29) is 11.5 Å². The number of hydrogen-bond donors (Lipinski definition) is 0. The number of hydrogen-bond acceptors (Lipinski definition) is 6. The van der Waals surface area contributed by atoms with Crippen molar-refractivity contribution in [2.75, 3.05) is 0 Å². The number of benzene rings is 1. The summed E-state index contributed by atoms with van der Waals surface area (Å²) in [6, 6.07) is 3.33. The highest BCUT2D eigenvalue weighted by Crippen LogP contribution is 2.27. The summed E-state index contributed by atoms with van der Waals surface area (Å²) in [5.41, 5.74) is 1.25. The van der Waals surface area contributed by atoms with Crippen molar-refractivity contribution in [1.82, 2.24) is 9.55 Å². The van der Waals surface area contributed by atoms with E-state index in [1.165, 1.54) is 25.2 Å². The fourth-order valence-corrected chi connectivity index (χ4v) is 2.60. The average Bonchev–Trinajstić information content (AvgIpc) is 3.10. The lowest BCUT2D eigenvalue weighted by Gasteiger charge is -2.14. The summed E-state index contributed by atoms with van der Waals surface area (Å²) in [4.78, 5) is 26.2. The second-order valence-corrected chi connectivity index (χ2v) is 8.25. The van der Waals surface area contributed by atoms with Crippen LogP contribution in [0.25, 0.3) is 11.0 Å². The van der Waals surface area contributed by atoms with Gasteiger partial charge in [0.05, 0.1) is 38.9 Å². The zero-order valence-corrected chi connectivity index (χ0v) is 22.2. The summed E-state index contributed by atoms with van der Waals surface area (Å²) < 4.78 is 11.8. The molecule has 1 heterocycles. The molecule has 0 aliphatic rings. The highest BCUT2D eigenvalue weighted by atomic mass is 35.5. The lowest BCUT2D eigenvalue weighted by atomic mass is 10.3. The number of aromatic nitrogens is 2. The average molecular weight is 514 g/mol. The molecule has 188 valence electrons. The summed E-state index contributed by atoms with van der Waals surface area (Å²) in [6.07, 6.45) is 3.74. The summed E-state index contributed by atoms with van der Waals surface area (Å²) in [6.45, 7) is 17.5. The van der Waals surface area contributed by atoms with E-state index in [1.807, 2.05) is 13.8 Å². The number of allylic oxidation sites excluding steroid dienone is 3. The van der Waals surface area contributed by atoms with Crippen molar-refractivity contribution < 1.29 is 19.2 Å². The molecular formula is C24H33Cl2N3O5. The monoisotopic (exact) mass is 513 g/mol. The van der Waals surface area contributed by atoms with E-state index in [0.29, 0.717) is 22.1 Å². The molecule has 2 rings (SSSR count). The van der Waals surface area contributed by atoms with Crippen LogP contribution in [-0.4, -0.2) is 26.7 Å². The van der Waals surface area contributed by atoms with Crippen molar-refractivity contribution in [3.63, 3.8) is 0 Å². The molecule has 1 atom stereocenters. The van der Waals surface area contributed by atoms with Gasteiger partial charge in [-0.2, -0.15) is 0 Å². The molecule has 0 aliphatic carbocycles. The van der Waals surface area contributed by atoms with Gasteiger partial charge in [-0.05, 0) is 44.1 Å². The van der Waals surface area contributed by atoms with Crippen LogP contribution in [0.2, 0.25) is 10.0 Å². The van der Waals surface area contributed by atoms with Gasteiger partial charge in [-0.15, -0.1) is 0 Å². The molecule has 0 saturated heterocycles. The van der Waals surface area contributed by atoms with Gasteiger partial charge >= 0.3 is 6.16 Å². The number of imidazole rings is 1. The zero-order chi connectivity index (χ0) is 26.4. The van der Waals surface area contributed by atoms with Gasteiger partial charge in [-0.1, -0.05) is 64.4 Å². The Bertz CT molecular complexity index is 1030. The molecule has 1 aromatic carbocycles. The first-order chi connectivity index (χ1) is 15.9. The van der Waals surface area contributed by atoms with Crippen LogP contribution in [0.1, 0.15) is 48.5 Å². The van der Waals surface area contributed by atoms with Crippen molar-refractivity contribution in [3.8, 4) is 0 Å². The first-order valence-electron chi connectivity index (χ1n) is 10.8. The van der Waals surface area contributed by atoms with Crippen molar-refractivity contribution >= 4 is 40.4 Å². The van der Waals surface area contributed by atoms with Crippen LogP contribution in [0.15, 0.2) is 54.7 Å². The number of carbonyl (C=O) groups is 1. The molecule has 1 unspecified atom stereocenters. The highest BCUT2D eigenvalue weighted by Gasteiger charge is 2.15. The number of rotatable bonds is 7. The molecule has 0 aliphatic heterocycles. The summed E-state index contributed by atoms with van der Waals surface area (Å²) in [5.74, 6) is 0.743. The third-order valence-electron chi connectivity index (χ3n) is 3.58. The van der Waals surface area contributed by atoms with Crippen LogP contribution in [0.3, 0.4) is 0 Å². The van der Waals surface area contributed by atoms with Gasteiger partial charge in [0.15, 0.2) is 0 Å². The third-order valence-corrected chi connectivity index (χ3v) is 4.30. The quantitative estimate of drug-likeness (QED) is 0.123. The van der Waals surface area contributed by atoms with Crippen LogP contribution in [0.5, 0.6) is 0 Å². The number of fused-ring (bicyclic) bond motifs is 1. The van der Waals surface area contributed by atoms with E-state index >= 15 is 0 Å². The maximum Gasteiger partial charge on any atom is 0.514 e. The van der Waals surface area contributed by atoms with Gasteiger partial charge in [-0.25, -0.2) is 9.78 Å². The lowest BCUT2D eigenvalue weighted by Crippen LogP contribution is -2.20. The van der Waals surface area contributed by atoms with Crippen molar-refractivity contribution in [1.29, 1.82) is 0 Å². The molecule has 0 saturated carbocycles. The summed E-state index contributed by atoms with van der Waals surface area (Å²) in [5, 5.41) is 11.5. The molecule has 1 aromatic heterocycles. The Hall–Kier alpha value is -2.84. The molecule has 2 aromatic rings. The second kappa shape index (κ2) is 15.9. The predicted octanol–water partition coefficient (Wildman–Crippen LogP) is 7.82. The van der Waals surface area contributed by atoms with Gasteiger partial charge < -0.3 is 14.0 Å². The first-order valence-corrected chi connectivity index (χ1v) is 11.6. The normalized spacial score (nSPS) is 11.9. The van der Waals surface area contributed by atoms with E-state index < -0.39 is 17.2 Å². The Kier molecular flexibility index (Phi) is 14.6. The van der Waals surface area contributed by atoms with E-state index in [1.54, 1.807) is 30.0 Å². The minimum atomic E-state index is -0.976. The summed E-state index contributed by atoms with van der Waals surface area (Å²) >= 11 is 12.0. The Labute approximate surface area is 211 Å². The Balaban J connectivity index is 0.00000164. The first kappa shape index (κ1) is 31.2. The SMILES string of the molecule is C=C(/C=C\C(=C/C)[N+](=O)[O-])OC(=O)OC(C)Cn1cnc2cc(Cl)c(Cl)cc21.CC.CC(C)C. The van der Waals surface area contributed by atoms with Gasteiger partial charge in [0.1, 0.15) is 11.9 Å². The van der Waals surface area contributed by atoms with Crippen LogP contribution in [0, 0.1) is 16.0 Å². The molecule has 10 heteroatoms. The van der Waals surface area contributed by atoms with Crippen LogP contribution < -0.4 is 0 Å². The second-order valence-electron chi connectivity index (χ2n) is 7.43. The Morgan fingerprint density at radius 2 is 1.76 bits per heavy atom. The van der Waals surface area contributed by atoms with Crippen molar-refractivity contribution in [2.45, 2.75) is 61.1 Å². The maximum absolute atomic E-state index is 11.9. The Morgan fingerprint density at radius 3 is 2.29 bits per heavy atom. The van der Waals surface area contributed by atoms with Crippen molar-refractivity contribution in [3.05, 3.63) is 74.9 Å². The number of nitrogens with zero attached hydrogens (tertiary/aromatic N) is 3. The number of nitro groups is 1. The topological polar surface area (TPSA) is 96.5 Å². The lowest BCUT2D eigenvalue weighted by molar-refractivity contribution is -0.419. The minimum absolute atomic E-state index is 0.0899. The maximum atomic E-state index is 11.9. The molecule has 0 amide bonds. The standard InChI is InChI=1S/C18H17Cl2N3O5.C4H10.C2H6/c1-4-13(23(25)26)6-5-11(2)27-18(24)28-12(3)9-22-10-21-16-7-14(19)15(20)8-17(16)22;1-4(2)3;1-2/h4-8,10,12H,2,9H2,1,3H3;4H,1-3H3;1-2H3/b6-5-,13-4+;;. The molecule has 0 fully saturated rings. The molecule has 0 N–H and O–H groups in total. The summed E-state index contributed by atoms with van der Waals surface area (Å²) in [7, 11) is 0. The van der Waals surface area contributed by atoms with Gasteiger partial charge in [-0.3, -0.25) is 10.1 Å².